The molecule has 0 bridgehead atoms. The number of hydrogen-bond donors (Lipinski definition) is 3. The van der Waals surface area contributed by atoms with Gasteiger partial charge >= 0.3 is 6.03 Å². The Kier molecular flexibility index (Phi) is 13.5. The Morgan fingerprint density at radius 2 is 1.69 bits per heavy atom. The Bertz CT molecular complexity index is 1210. The number of aliphatic hydroxyl groups excluding tert-OH is 1. The topological polar surface area (TPSA) is 103 Å². The number of benzene rings is 2. The Morgan fingerprint density at radius 3 is 2.42 bits per heavy atom. The SMILES string of the molecule is C[C@H]1CCCCO[C@@H](CN(C)CC2CCCCC2)[C@@H](C)CN([C@@H](C)CO)C(=O)c2cc(NC(=O)Nc3ccccc3)ccc2O1. The highest BCUT2D eigenvalue weighted by Crippen LogP contribution is 2.29. The van der Waals surface area contributed by atoms with Crippen LogP contribution in [0.1, 0.15) is 82.5 Å². The molecule has 1 fully saturated rings. The third kappa shape index (κ3) is 10.7. The molecule has 1 saturated carbocycles. The minimum absolute atomic E-state index is 0.0287. The van der Waals surface area contributed by atoms with E-state index < -0.39 is 12.1 Å². The number of nitrogens with one attached hydrogen (secondary N) is 2. The third-order valence-electron chi connectivity index (χ3n) is 9.13. The molecule has 4 rings (SSSR count). The Labute approximate surface area is 269 Å². The van der Waals surface area contributed by atoms with Crippen molar-refractivity contribution in [1.82, 2.24) is 9.80 Å². The summed E-state index contributed by atoms with van der Waals surface area (Å²) in [5.41, 5.74) is 1.50. The fourth-order valence-corrected chi connectivity index (χ4v) is 6.47. The highest BCUT2D eigenvalue weighted by atomic mass is 16.5. The molecule has 0 aromatic heterocycles. The highest BCUT2D eigenvalue weighted by Gasteiger charge is 2.31. The Hall–Kier alpha value is -3.14. The average Bonchev–Trinajstić information content (AvgIpc) is 3.03. The summed E-state index contributed by atoms with van der Waals surface area (Å²) in [6.45, 7) is 8.79. The lowest BCUT2D eigenvalue weighted by atomic mass is 9.89. The van der Waals surface area contributed by atoms with Gasteiger partial charge in [0.1, 0.15) is 5.75 Å². The van der Waals surface area contributed by atoms with Crippen LogP contribution >= 0.6 is 0 Å². The standard InChI is InChI=1S/C36H54N4O5/c1-26-22-40(27(2)25-41)35(42)32-21-31(38-36(43)37-30-16-9-6-10-17-30)18-19-33(32)45-28(3)13-11-12-20-44-34(26)24-39(4)23-29-14-7-5-8-15-29/h6,9-10,16-19,21,26-29,34,41H,5,7-8,11-15,20,22-25H2,1-4H3,(H2,37,38,43)/t26-,27-,28-,34-/m0/s1. The lowest BCUT2D eigenvalue weighted by Gasteiger charge is -2.36. The summed E-state index contributed by atoms with van der Waals surface area (Å²) in [5.74, 6) is 0.993. The fraction of sp³-hybridized carbons (Fsp3) is 0.611. The number of rotatable bonds is 8. The summed E-state index contributed by atoms with van der Waals surface area (Å²) in [7, 11) is 2.19. The number of anilines is 2. The number of amides is 3. The van der Waals surface area contributed by atoms with E-state index in [4.69, 9.17) is 9.47 Å². The van der Waals surface area contributed by atoms with E-state index in [9.17, 15) is 14.7 Å². The van der Waals surface area contributed by atoms with Crippen LogP contribution < -0.4 is 15.4 Å². The van der Waals surface area contributed by atoms with Gasteiger partial charge in [-0.25, -0.2) is 4.79 Å². The number of likely N-dealkylation sites (N-methyl/N-ethyl adjacent to an activating group) is 1. The van der Waals surface area contributed by atoms with Crippen LogP contribution in [0, 0.1) is 11.8 Å². The first kappa shape index (κ1) is 34.7. The fourth-order valence-electron chi connectivity index (χ4n) is 6.47. The molecule has 3 N–H and O–H groups in total. The second-order valence-electron chi connectivity index (χ2n) is 13.2. The highest BCUT2D eigenvalue weighted by molar-refractivity contribution is 6.02. The summed E-state index contributed by atoms with van der Waals surface area (Å²) < 4.78 is 12.9. The minimum atomic E-state index is -0.420. The van der Waals surface area contributed by atoms with Crippen molar-refractivity contribution in [2.45, 2.75) is 90.4 Å². The van der Waals surface area contributed by atoms with Crippen LogP contribution in [0.2, 0.25) is 0 Å². The number of urea groups is 1. The molecule has 0 spiro atoms. The van der Waals surface area contributed by atoms with Gasteiger partial charge in [-0.1, -0.05) is 44.4 Å². The number of ether oxygens (including phenoxy) is 2. The maximum atomic E-state index is 14.3. The maximum Gasteiger partial charge on any atom is 0.323 e. The molecule has 2 aromatic rings. The lowest BCUT2D eigenvalue weighted by Crippen LogP contribution is -2.47. The molecule has 45 heavy (non-hydrogen) atoms. The first-order valence-electron chi connectivity index (χ1n) is 16.9. The molecule has 3 amide bonds. The molecule has 1 aliphatic heterocycles. The quantitative estimate of drug-likeness (QED) is 0.305. The number of aliphatic hydroxyl groups is 1. The number of carbonyl (C=O) groups is 2. The predicted molar refractivity (Wildman–Crippen MR) is 180 cm³/mol. The van der Waals surface area contributed by atoms with Crippen molar-refractivity contribution in [2.24, 2.45) is 11.8 Å². The van der Waals surface area contributed by atoms with Gasteiger partial charge in [-0.2, -0.15) is 0 Å². The first-order valence-corrected chi connectivity index (χ1v) is 16.9. The molecular weight excluding hydrogens is 568 g/mol. The molecule has 0 unspecified atom stereocenters. The zero-order chi connectivity index (χ0) is 32.2. The van der Waals surface area contributed by atoms with Gasteiger partial charge < -0.3 is 35.0 Å². The number of hydrogen-bond acceptors (Lipinski definition) is 6. The third-order valence-corrected chi connectivity index (χ3v) is 9.13. The Balaban J connectivity index is 1.56. The van der Waals surface area contributed by atoms with Crippen molar-refractivity contribution in [3.05, 3.63) is 54.1 Å². The van der Waals surface area contributed by atoms with Crippen molar-refractivity contribution in [3.8, 4) is 5.75 Å². The molecule has 4 atom stereocenters. The maximum absolute atomic E-state index is 14.3. The molecule has 2 aliphatic rings. The van der Waals surface area contributed by atoms with E-state index in [2.05, 4.69) is 29.5 Å². The van der Waals surface area contributed by atoms with E-state index in [1.54, 1.807) is 23.1 Å². The van der Waals surface area contributed by atoms with Crippen molar-refractivity contribution in [1.29, 1.82) is 0 Å². The van der Waals surface area contributed by atoms with Crippen molar-refractivity contribution < 1.29 is 24.2 Å². The molecule has 248 valence electrons. The van der Waals surface area contributed by atoms with E-state index in [0.717, 1.165) is 38.3 Å². The van der Waals surface area contributed by atoms with Crippen LogP contribution in [0.25, 0.3) is 0 Å². The summed E-state index contributed by atoms with van der Waals surface area (Å²) in [4.78, 5) is 31.2. The normalized spacial score (nSPS) is 23.0. The zero-order valence-electron chi connectivity index (χ0n) is 27.7. The second kappa shape index (κ2) is 17.5. The van der Waals surface area contributed by atoms with E-state index in [-0.39, 0.29) is 30.6 Å². The number of nitrogens with zero attached hydrogens (tertiary/aromatic N) is 2. The van der Waals surface area contributed by atoms with Gasteiger partial charge in [-0.3, -0.25) is 4.79 Å². The molecule has 9 nitrogen and oxygen atoms in total. The lowest BCUT2D eigenvalue weighted by molar-refractivity contribution is -0.0190. The smallest absolute Gasteiger partial charge is 0.323 e. The molecule has 1 heterocycles. The molecule has 0 radical (unpaired) electrons. The van der Waals surface area contributed by atoms with E-state index in [1.165, 1.54) is 32.1 Å². The predicted octanol–water partition coefficient (Wildman–Crippen LogP) is 6.64. The number of para-hydroxylation sites is 1. The van der Waals surface area contributed by atoms with Crippen LogP contribution in [-0.4, -0.2) is 85.0 Å². The van der Waals surface area contributed by atoms with Gasteiger partial charge in [0.2, 0.25) is 0 Å². The number of carbonyl (C=O) groups excluding carboxylic acids is 2. The van der Waals surface area contributed by atoms with E-state index in [1.807, 2.05) is 44.2 Å². The summed E-state index contributed by atoms with van der Waals surface area (Å²) in [6.07, 6.45) is 9.15. The first-order chi connectivity index (χ1) is 21.7. The van der Waals surface area contributed by atoms with Crippen molar-refractivity contribution in [3.63, 3.8) is 0 Å². The van der Waals surface area contributed by atoms with E-state index >= 15 is 0 Å². The second-order valence-corrected chi connectivity index (χ2v) is 13.2. The summed E-state index contributed by atoms with van der Waals surface area (Å²) in [5, 5.41) is 15.9. The van der Waals surface area contributed by atoms with Crippen LogP contribution in [0.4, 0.5) is 16.2 Å². The number of fused-ring (bicyclic) bond motifs is 1. The molecule has 9 heteroatoms. The van der Waals surface area contributed by atoms with Crippen LogP contribution in [0.3, 0.4) is 0 Å². The largest absolute Gasteiger partial charge is 0.490 e. The monoisotopic (exact) mass is 622 g/mol. The van der Waals surface area contributed by atoms with Gasteiger partial charge in [0.05, 0.1) is 30.4 Å². The van der Waals surface area contributed by atoms with Crippen LogP contribution in [-0.2, 0) is 4.74 Å². The zero-order valence-corrected chi connectivity index (χ0v) is 27.7. The van der Waals surface area contributed by atoms with E-state index in [0.29, 0.717) is 35.8 Å². The van der Waals surface area contributed by atoms with Gasteiger partial charge in [0, 0.05) is 43.5 Å². The molecule has 1 aliphatic carbocycles. The molecular formula is C36H54N4O5. The Morgan fingerprint density at radius 1 is 0.978 bits per heavy atom. The molecule has 2 aromatic carbocycles. The summed E-state index contributed by atoms with van der Waals surface area (Å²) in [6, 6.07) is 13.5. The average molecular weight is 623 g/mol. The van der Waals surface area contributed by atoms with Gasteiger partial charge in [-0.15, -0.1) is 0 Å². The van der Waals surface area contributed by atoms with Gasteiger partial charge in [0.15, 0.2) is 0 Å². The van der Waals surface area contributed by atoms with Crippen molar-refractivity contribution >= 4 is 23.3 Å². The molecule has 0 saturated heterocycles. The van der Waals surface area contributed by atoms with Gasteiger partial charge in [-0.05, 0) is 89.2 Å². The van der Waals surface area contributed by atoms with Crippen molar-refractivity contribution in [2.75, 3.05) is 50.5 Å². The van der Waals surface area contributed by atoms with Crippen LogP contribution in [0.15, 0.2) is 48.5 Å². The summed E-state index contributed by atoms with van der Waals surface area (Å²) >= 11 is 0. The van der Waals surface area contributed by atoms with Crippen LogP contribution in [0.5, 0.6) is 5.75 Å². The van der Waals surface area contributed by atoms with Gasteiger partial charge in [0.25, 0.3) is 5.91 Å². The minimum Gasteiger partial charge on any atom is -0.490 e.